The van der Waals surface area contributed by atoms with Gasteiger partial charge >= 0.3 is 12.1 Å². The summed E-state index contributed by atoms with van der Waals surface area (Å²) in [6.45, 7) is 1.26. The Morgan fingerprint density at radius 2 is 1.86 bits per heavy atom. The van der Waals surface area contributed by atoms with Crippen LogP contribution >= 0.6 is 0 Å². The van der Waals surface area contributed by atoms with Crippen LogP contribution in [0, 0.1) is 0 Å². The number of rotatable bonds is 14. The van der Waals surface area contributed by atoms with Crippen molar-refractivity contribution in [2.75, 3.05) is 33.5 Å². The molecule has 0 aromatic heterocycles. The van der Waals surface area contributed by atoms with Gasteiger partial charge in [0.15, 0.2) is 23.8 Å². The Morgan fingerprint density at radius 3 is 2.49 bits per heavy atom. The van der Waals surface area contributed by atoms with Crippen LogP contribution in [0.15, 0.2) is 42.5 Å². The second-order valence-electron chi connectivity index (χ2n) is 7.54. The predicted octanol–water partition coefficient (Wildman–Crippen LogP) is 1.14. The molecule has 0 bridgehead atoms. The lowest BCUT2D eigenvalue weighted by atomic mass is 10.0. The number of cyclic esters (lactones) is 1. The van der Waals surface area contributed by atoms with Crippen molar-refractivity contribution < 1.29 is 48.0 Å². The maximum Gasteiger partial charge on any atom is 0.417 e. The molecule has 0 unspecified atom stereocenters. The van der Waals surface area contributed by atoms with Gasteiger partial charge in [-0.25, -0.2) is 9.69 Å². The first-order chi connectivity index (χ1) is 16.8. The zero-order valence-electron chi connectivity index (χ0n) is 19.6. The normalized spacial score (nSPS) is 17.2. The summed E-state index contributed by atoms with van der Waals surface area (Å²) in [5.41, 5.74) is 0.630. The number of carbonyl (C=O) groups is 5. The van der Waals surface area contributed by atoms with Crippen LogP contribution in [0.2, 0.25) is 0 Å². The third-order valence-corrected chi connectivity index (χ3v) is 5.02. The molecular weight excluding hydrogens is 462 g/mol. The van der Waals surface area contributed by atoms with Gasteiger partial charge in [0.25, 0.3) is 5.91 Å². The molecule has 1 aromatic rings. The standard InChI is InChI=1S/C24H29NO10/c1-16(27)35-21(20(29)11-10-18(28)9-6-13-33-14-12-26)22(32-2)23(30)25-19(15-34-24(25)31)17-7-4-3-5-8-17/h3-5,7-8,10-11,19,21-22,26H,6,9,12-15H2,1-2H3/t19-,21-,22+/m1/s1. The molecule has 0 aliphatic carbocycles. The summed E-state index contributed by atoms with van der Waals surface area (Å²) in [6.07, 6.45) is -1.93. The van der Waals surface area contributed by atoms with E-state index in [0.29, 0.717) is 12.0 Å². The highest BCUT2D eigenvalue weighted by Crippen LogP contribution is 2.29. The van der Waals surface area contributed by atoms with Gasteiger partial charge in [0.1, 0.15) is 12.6 Å². The van der Waals surface area contributed by atoms with Crippen molar-refractivity contribution in [3.05, 3.63) is 48.0 Å². The van der Waals surface area contributed by atoms with E-state index in [1.54, 1.807) is 30.3 Å². The van der Waals surface area contributed by atoms with Crippen molar-refractivity contribution in [2.24, 2.45) is 0 Å². The summed E-state index contributed by atoms with van der Waals surface area (Å²) in [4.78, 5) is 63.0. The number of aliphatic hydroxyl groups excluding tert-OH is 1. The topological polar surface area (TPSA) is 146 Å². The number of hydrogen-bond acceptors (Lipinski definition) is 10. The van der Waals surface area contributed by atoms with Crippen molar-refractivity contribution in [3.8, 4) is 0 Å². The minimum Gasteiger partial charge on any atom is -0.451 e. The van der Waals surface area contributed by atoms with Crippen LogP contribution in [0.1, 0.15) is 31.4 Å². The number of hydrogen-bond donors (Lipinski definition) is 1. The van der Waals surface area contributed by atoms with Crippen LogP contribution in [0.25, 0.3) is 0 Å². The Bertz CT molecular complexity index is 929. The molecule has 3 atom stereocenters. The summed E-state index contributed by atoms with van der Waals surface area (Å²) < 4.78 is 20.4. The van der Waals surface area contributed by atoms with Crippen LogP contribution in [-0.2, 0) is 38.1 Å². The highest BCUT2D eigenvalue weighted by Gasteiger charge is 2.46. The summed E-state index contributed by atoms with van der Waals surface area (Å²) >= 11 is 0. The van der Waals surface area contributed by atoms with Gasteiger partial charge in [-0.2, -0.15) is 0 Å². The van der Waals surface area contributed by atoms with Crippen molar-refractivity contribution in [2.45, 2.75) is 38.0 Å². The first-order valence-corrected chi connectivity index (χ1v) is 11.0. The summed E-state index contributed by atoms with van der Waals surface area (Å²) in [5.74, 6) is -3.04. The molecular formula is C24H29NO10. The molecule has 11 heteroatoms. The number of aliphatic hydroxyl groups is 1. The Morgan fingerprint density at radius 1 is 1.14 bits per heavy atom. The van der Waals surface area contributed by atoms with E-state index < -0.39 is 42.0 Å². The number of ether oxygens (including phenoxy) is 4. The summed E-state index contributed by atoms with van der Waals surface area (Å²) in [5, 5.41) is 8.66. The van der Waals surface area contributed by atoms with Gasteiger partial charge in [-0.05, 0) is 24.1 Å². The Balaban J connectivity index is 2.16. The molecule has 190 valence electrons. The summed E-state index contributed by atoms with van der Waals surface area (Å²) in [6, 6.07) is 7.92. The molecule has 1 aliphatic rings. The molecule has 2 rings (SSSR count). The van der Waals surface area contributed by atoms with Crippen LogP contribution in [0.5, 0.6) is 0 Å². The lowest BCUT2D eigenvalue weighted by Gasteiger charge is -2.27. The second kappa shape index (κ2) is 14.1. The van der Waals surface area contributed by atoms with Crippen molar-refractivity contribution >= 4 is 29.5 Å². The average molecular weight is 491 g/mol. The highest BCUT2D eigenvalue weighted by atomic mass is 16.6. The van der Waals surface area contributed by atoms with E-state index in [1.807, 2.05) is 0 Å². The van der Waals surface area contributed by atoms with E-state index in [2.05, 4.69) is 0 Å². The maximum atomic E-state index is 13.3. The maximum absolute atomic E-state index is 13.3. The molecule has 0 saturated carbocycles. The smallest absolute Gasteiger partial charge is 0.417 e. The molecule has 1 saturated heterocycles. The molecule has 35 heavy (non-hydrogen) atoms. The molecule has 1 aromatic carbocycles. The molecule has 0 spiro atoms. The minimum absolute atomic E-state index is 0.0818. The van der Waals surface area contributed by atoms with Gasteiger partial charge in [0.05, 0.1) is 13.2 Å². The fourth-order valence-corrected chi connectivity index (χ4v) is 3.39. The molecule has 1 heterocycles. The number of allylic oxidation sites excluding steroid dienone is 1. The molecule has 2 amide bonds. The molecule has 1 fully saturated rings. The summed E-state index contributed by atoms with van der Waals surface area (Å²) in [7, 11) is 1.13. The number of esters is 1. The molecule has 11 nitrogen and oxygen atoms in total. The minimum atomic E-state index is -1.73. The fraction of sp³-hybridized carbons (Fsp3) is 0.458. The molecule has 1 aliphatic heterocycles. The van der Waals surface area contributed by atoms with Gasteiger partial charge in [-0.3, -0.25) is 19.2 Å². The number of imide groups is 1. The Kier molecular flexibility index (Phi) is 11.2. The van der Waals surface area contributed by atoms with Crippen LogP contribution in [0.3, 0.4) is 0 Å². The molecule has 1 N–H and O–H groups in total. The van der Waals surface area contributed by atoms with E-state index in [0.717, 1.165) is 31.1 Å². The largest absolute Gasteiger partial charge is 0.451 e. The van der Waals surface area contributed by atoms with Gasteiger partial charge in [0, 0.05) is 27.1 Å². The number of nitrogens with zero attached hydrogens (tertiary/aromatic N) is 1. The average Bonchev–Trinajstić information content (AvgIpc) is 3.23. The monoisotopic (exact) mass is 491 g/mol. The second-order valence-corrected chi connectivity index (χ2v) is 7.54. The van der Waals surface area contributed by atoms with Gasteiger partial charge in [0.2, 0.25) is 0 Å². The van der Waals surface area contributed by atoms with E-state index in [9.17, 15) is 24.0 Å². The first-order valence-electron chi connectivity index (χ1n) is 11.0. The van der Waals surface area contributed by atoms with E-state index in [-0.39, 0.29) is 38.6 Å². The third-order valence-electron chi connectivity index (χ3n) is 5.02. The number of carbonyl (C=O) groups excluding carboxylic acids is 5. The van der Waals surface area contributed by atoms with Gasteiger partial charge in [-0.15, -0.1) is 0 Å². The lowest BCUT2D eigenvalue weighted by Crippen LogP contribution is -2.51. The van der Waals surface area contributed by atoms with E-state index in [1.165, 1.54) is 0 Å². The third kappa shape index (κ3) is 8.09. The van der Waals surface area contributed by atoms with Crippen LogP contribution in [-0.4, -0.2) is 85.3 Å². The fourth-order valence-electron chi connectivity index (χ4n) is 3.39. The SMILES string of the molecule is CO[C@H](C(=O)N1C(=O)OC[C@@H]1c1ccccc1)[C@H](OC(C)=O)C(=O)C=CC(=O)CCCOCCO. The van der Waals surface area contributed by atoms with E-state index in [4.69, 9.17) is 24.1 Å². The quantitative estimate of drug-likeness (QED) is 0.228. The zero-order chi connectivity index (χ0) is 25.8. The van der Waals surface area contributed by atoms with Crippen molar-refractivity contribution in [3.63, 3.8) is 0 Å². The zero-order valence-corrected chi connectivity index (χ0v) is 19.6. The number of amides is 2. The first kappa shape index (κ1) is 27.8. The number of methoxy groups -OCH3 is 1. The lowest BCUT2D eigenvalue weighted by molar-refractivity contribution is -0.166. The van der Waals surface area contributed by atoms with Crippen LogP contribution in [0.4, 0.5) is 4.79 Å². The van der Waals surface area contributed by atoms with Gasteiger partial charge < -0.3 is 24.1 Å². The van der Waals surface area contributed by atoms with E-state index >= 15 is 0 Å². The molecule has 0 radical (unpaired) electrons. The van der Waals surface area contributed by atoms with Gasteiger partial charge in [-0.1, -0.05) is 30.3 Å². The highest BCUT2D eigenvalue weighted by molar-refractivity contribution is 6.05. The number of ketones is 2. The number of benzene rings is 1. The van der Waals surface area contributed by atoms with Crippen molar-refractivity contribution in [1.82, 2.24) is 4.90 Å². The Labute approximate surface area is 202 Å². The van der Waals surface area contributed by atoms with Crippen molar-refractivity contribution in [1.29, 1.82) is 0 Å². The van der Waals surface area contributed by atoms with Crippen LogP contribution < -0.4 is 0 Å². The Hall–Kier alpha value is -3.41. The predicted molar refractivity (Wildman–Crippen MR) is 120 cm³/mol.